The molecule has 2 nitrogen and oxygen atoms in total. The summed E-state index contributed by atoms with van der Waals surface area (Å²) in [5.41, 5.74) is 21.0. The van der Waals surface area contributed by atoms with Crippen molar-refractivity contribution >= 4 is 83.7 Å². The zero-order chi connectivity index (χ0) is 44.5. The average molecular weight is 869 g/mol. The van der Waals surface area contributed by atoms with Gasteiger partial charge in [0.15, 0.2) is 0 Å². The van der Waals surface area contributed by atoms with Crippen LogP contribution in [0.4, 0.5) is 34.1 Å². The van der Waals surface area contributed by atoms with Crippen molar-refractivity contribution in [2.45, 2.75) is 39.3 Å². The minimum atomic E-state index is -1.76. The van der Waals surface area contributed by atoms with Crippen molar-refractivity contribution in [2.75, 3.05) is 9.80 Å². The minimum absolute atomic E-state index is 0.0134. The fourth-order valence-electron chi connectivity index (χ4n) is 10.3. The van der Waals surface area contributed by atoms with Crippen LogP contribution in [0.25, 0.3) is 44.5 Å². The molecule has 2 aliphatic heterocycles. The molecule has 0 bridgehead atoms. The normalized spacial score (nSPS) is 13.0. The first-order valence-corrected chi connectivity index (χ1v) is 30.1. The Bertz CT molecular complexity index is 2900. The topological polar surface area (TPSA) is 6.48 Å². The fraction of sp³-hybridized carbons (Fsp3) is 0.100. The number of hydrogen-bond acceptors (Lipinski definition) is 2. The Morgan fingerprint density at radius 2 is 0.615 bits per heavy atom. The Hall–Kier alpha value is -6.92. The van der Waals surface area contributed by atoms with Gasteiger partial charge in [-0.05, 0) is 62.9 Å². The summed E-state index contributed by atoms with van der Waals surface area (Å²) in [6, 6.07) is 79.7. The lowest BCUT2D eigenvalue weighted by molar-refractivity contribution is 1.25. The van der Waals surface area contributed by atoms with Crippen molar-refractivity contribution in [3.8, 4) is 44.5 Å². The molecule has 9 aromatic rings. The molecule has 0 saturated carbocycles. The molecule has 2 aliphatic rings. The van der Waals surface area contributed by atoms with E-state index in [1.807, 2.05) is 0 Å². The summed E-state index contributed by atoms with van der Waals surface area (Å²) in [5, 5.41) is 2.95. The van der Waals surface area contributed by atoms with Gasteiger partial charge in [0.2, 0.25) is 0 Å². The van der Waals surface area contributed by atoms with E-state index in [-0.39, 0.29) is 6.71 Å². The molecule has 0 spiro atoms. The van der Waals surface area contributed by atoms with Crippen LogP contribution in [-0.2, 0) is 0 Å². The summed E-state index contributed by atoms with van der Waals surface area (Å²) < 4.78 is 0. The smallest absolute Gasteiger partial charge is 0.252 e. The molecular formula is C60H53BN2Si2. The highest BCUT2D eigenvalue weighted by Crippen LogP contribution is 2.52. The Morgan fingerprint density at radius 1 is 0.308 bits per heavy atom. The number of anilines is 6. The second kappa shape index (κ2) is 16.0. The third-order valence-electron chi connectivity index (χ3n) is 13.6. The number of nitrogens with zero attached hydrogens (tertiary/aromatic N) is 2. The van der Waals surface area contributed by atoms with E-state index in [9.17, 15) is 0 Å². The highest BCUT2D eigenvalue weighted by atomic mass is 28.3. The molecule has 0 unspecified atom stereocenters. The number of fused-ring (bicyclic) bond motifs is 4. The molecule has 0 saturated heterocycles. The lowest BCUT2D eigenvalue weighted by Crippen LogP contribution is -2.63. The van der Waals surface area contributed by atoms with Gasteiger partial charge in [-0.3, -0.25) is 0 Å². The summed E-state index contributed by atoms with van der Waals surface area (Å²) >= 11 is 0. The Labute approximate surface area is 387 Å². The largest absolute Gasteiger partial charge is 0.310 e. The third kappa shape index (κ3) is 7.02. The van der Waals surface area contributed by atoms with Crippen LogP contribution in [0.2, 0.25) is 39.3 Å². The van der Waals surface area contributed by atoms with Crippen LogP contribution >= 0.6 is 0 Å². The highest BCUT2D eigenvalue weighted by Gasteiger charge is 2.45. The van der Waals surface area contributed by atoms with Crippen LogP contribution in [0.5, 0.6) is 0 Å². The number of hydrogen-bond donors (Lipinski definition) is 0. The van der Waals surface area contributed by atoms with Crippen LogP contribution < -0.4 is 36.6 Å². The first kappa shape index (κ1) is 40.8. The summed E-state index contributed by atoms with van der Waals surface area (Å²) in [6.07, 6.45) is 0. The van der Waals surface area contributed by atoms with E-state index in [0.717, 1.165) is 0 Å². The molecule has 314 valence electrons. The van der Waals surface area contributed by atoms with Crippen LogP contribution in [0.3, 0.4) is 0 Å². The summed E-state index contributed by atoms with van der Waals surface area (Å²) in [6.45, 7) is 14.9. The predicted octanol–water partition coefficient (Wildman–Crippen LogP) is 13.5. The van der Waals surface area contributed by atoms with Crippen LogP contribution in [0.1, 0.15) is 0 Å². The first-order chi connectivity index (χ1) is 31.6. The molecule has 11 rings (SSSR count). The minimum Gasteiger partial charge on any atom is -0.310 e. The molecular weight excluding hydrogens is 816 g/mol. The van der Waals surface area contributed by atoms with Gasteiger partial charge >= 0.3 is 0 Å². The van der Waals surface area contributed by atoms with Gasteiger partial charge in [-0.2, -0.15) is 0 Å². The Morgan fingerprint density at radius 3 is 0.923 bits per heavy atom. The number of rotatable bonds is 8. The molecule has 65 heavy (non-hydrogen) atoms. The van der Waals surface area contributed by atoms with E-state index in [1.165, 1.54) is 105 Å². The van der Waals surface area contributed by atoms with Gasteiger partial charge < -0.3 is 9.80 Å². The first-order valence-electron chi connectivity index (χ1n) is 23.1. The van der Waals surface area contributed by atoms with E-state index in [2.05, 4.69) is 261 Å². The molecule has 0 N–H and O–H groups in total. The Kier molecular flexibility index (Phi) is 10.0. The lowest BCUT2D eigenvalue weighted by Gasteiger charge is -2.46. The lowest BCUT2D eigenvalue weighted by atomic mass is 9.33. The van der Waals surface area contributed by atoms with Crippen molar-refractivity contribution in [1.29, 1.82) is 0 Å². The second-order valence-corrected chi connectivity index (χ2v) is 29.9. The maximum atomic E-state index is 2.63. The molecule has 0 radical (unpaired) electrons. The standard InChI is InChI=1S/C60H53BN2Si2/c1-64(2,3)46-36-38-54-52(40-46)61-53-41-47(65(4,5)6)37-39-55(53)63(60-50(44-26-15-9-16-27-44)32-20-33-51(60)45-28-17-10-18-29-45)57-35-21-34-56(58(57)61)62(54)59-48(42-22-11-7-12-23-42)30-19-31-49(59)43-24-13-8-14-25-43/h7-41H,1-6H3. The van der Waals surface area contributed by atoms with Gasteiger partial charge in [-0.1, -0.05) is 238 Å². The molecule has 0 fully saturated rings. The van der Waals surface area contributed by atoms with Crippen LogP contribution in [-0.4, -0.2) is 22.9 Å². The van der Waals surface area contributed by atoms with Crippen molar-refractivity contribution in [1.82, 2.24) is 0 Å². The van der Waals surface area contributed by atoms with Gasteiger partial charge in [0.25, 0.3) is 6.71 Å². The zero-order valence-electron chi connectivity index (χ0n) is 38.2. The maximum Gasteiger partial charge on any atom is 0.252 e. The zero-order valence-corrected chi connectivity index (χ0v) is 40.2. The molecule has 9 aromatic carbocycles. The van der Waals surface area contributed by atoms with E-state index in [4.69, 9.17) is 0 Å². The number of para-hydroxylation sites is 2. The predicted molar refractivity (Wildman–Crippen MR) is 288 cm³/mol. The molecule has 5 heteroatoms. The quantitative estimate of drug-likeness (QED) is 0.140. The van der Waals surface area contributed by atoms with E-state index < -0.39 is 16.1 Å². The monoisotopic (exact) mass is 868 g/mol. The van der Waals surface area contributed by atoms with Crippen molar-refractivity contribution in [3.63, 3.8) is 0 Å². The molecule has 2 heterocycles. The van der Waals surface area contributed by atoms with Crippen molar-refractivity contribution in [2.24, 2.45) is 0 Å². The van der Waals surface area contributed by atoms with E-state index in [1.54, 1.807) is 0 Å². The molecule has 0 atom stereocenters. The molecule has 0 aliphatic carbocycles. The van der Waals surface area contributed by atoms with Gasteiger partial charge in [-0.25, -0.2) is 0 Å². The molecule has 0 aromatic heterocycles. The highest BCUT2D eigenvalue weighted by molar-refractivity contribution is 7.01. The van der Waals surface area contributed by atoms with E-state index in [0.29, 0.717) is 0 Å². The van der Waals surface area contributed by atoms with Crippen LogP contribution in [0, 0.1) is 0 Å². The maximum absolute atomic E-state index is 2.63. The summed E-state index contributed by atoms with van der Waals surface area (Å²) in [5.74, 6) is 0. The summed E-state index contributed by atoms with van der Waals surface area (Å²) in [7, 11) is -3.52. The third-order valence-corrected chi connectivity index (χ3v) is 17.7. The van der Waals surface area contributed by atoms with E-state index >= 15 is 0 Å². The second-order valence-electron chi connectivity index (χ2n) is 19.7. The van der Waals surface area contributed by atoms with Crippen molar-refractivity contribution in [3.05, 3.63) is 212 Å². The Balaban J connectivity index is 1.30. The van der Waals surface area contributed by atoms with Crippen LogP contribution in [0.15, 0.2) is 212 Å². The van der Waals surface area contributed by atoms with Gasteiger partial charge in [0.05, 0.1) is 27.5 Å². The van der Waals surface area contributed by atoms with Gasteiger partial charge in [0.1, 0.15) is 0 Å². The number of benzene rings is 9. The summed E-state index contributed by atoms with van der Waals surface area (Å²) in [4.78, 5) is 5.27. The molecule has 0 amide bonds. The van der Waals surface area contributed by atoms with Gasteiger partial charge in [-0.15, -0.1) is 0 Å². The SMILES string of the molecule is C[Si](C)(C)c1ccc2c(c1)B1c3cc([Si](C)(C)C)ccc3N(c3c(-c4ccccc4)cccc3-c3ccccc3)c3cccc(c31)N2c1c(-c2ccccc2)cccc1-c1ccccc1. The average Bonchev–Trinajstić information content (AvgIpc) is 3.34. The van der Waals surface area contributed by atoms with Crippen molar-refractivity contribution < 1.29 is 0 Å². The van der Waals surface area contributed by atoms with Gasteiger partial charge in [0, 0.05) is 45.0 Å². The fourth-order valence-corrected chi connectivity index (χ4v) is 12.7.